The molecule has 0 radical (unpaired) electrons. The largest absolute Gasteiger partial charge is 0.517 e. The minimum Gasteiger partial charge on any atom is -0.450 e. The van der Waals surface area contributed by atoms with Crippen molar-refractivity contribution in [1.82, 2.24) is 4.98 Å². The van der Waals surface area contributed by atoms with Gasteiger partial charge in [0.25, 0.3) is 0 Å². The summed E-state index contributed by atoms with van der Waals surface area (Å²) in [5.74, 6) is 0.625. The lowest BCUT2D eigenvalue weighted by molar-refractivity contribution is 0.00578. The van der Waals surface area contributed by atoms with E-state index in [4.69, 9.17) is 13.7 Å². The Morgan fingerprint density at radius 1 is 1.13 bits per heavy atom. The van der Waals surface area contributed by atoms with E-state index in [9.17, 15) is 0 Å². The molecule has 0 N–H and O–H groups in total. The van der Waals surface area contributed by atoms with Crippen LogP contribution in [0, 0.1) is 6.92 Å². The van der Waals surface area contributed by atoms with Crippen molar-refractivity contribution in [3.63, 3.8) is 0 Å². The van der Waals surface area contributed by atoms with Crippen molar-refractivity contribution in [3.8, 4) is 0 Å². The lowest BCUT2D eigenvalue weighted by Gasteiger charge is -2.32. The molecule has 0 bridgehead atoms. The Labute approximate surface area is 90.1 Å². The van der Waals surface area contributed by atoms with E-state index in [-0.39, 0.29) is 11.2 Å². The van der Waals surface area contributed by atoms with E-state index in [2.05, 4.69) is 4.98 Å². The predicted octanol–water partition coefficient (Wildman–Crippen LogP) is 1.28. The molecule has 82 valence electrons. The molecule has 1 aromatic heterocycles. The minimum absolute atomic E-state index is 0.329. The maximum Gasteiger partial charge on any atom is 0.517 e. The molecule has 4 nitrogen and oxygen atoms in total. The van der Waals surface area contributed by atoms with Crippen molar-refractivity contribution in [3.05, 3.63) is 12.2 Å². The van der Waals surface area contributed by atoms with E-state index in [1.807, 2.05) is 27.7 Å². The van der Waals surface area contributed by atoms with E-state index < -0.39 is 7.12 Å². The van der Waals surface area contributed by atoms with Gasteiger partial charge in [-0.1, -0.05) is 0 Å². The first-order valence-corrected chi connectivity index (χ1v) is 5.09. The Bertz CT molecular complexity index is 356. The van der Waals surface area contributed by atoms with Gasteiger partial charge >= 0.3 is 7.12 Å². The van der Waals surface area contributed by atoms with Crippen LogP contribution < -0.4 is 5.59 Å². The number of nitrogens with zero attached hydrogens (tertiary/aromatic N) is 1. The molecular formula is C10H16BNO3. The van der Waals surface area contributed by atoms with E-state index in [0.29, 0.717) is 11.5 Å². The summed E-state index contributed by atoms with van der Waals surface area (Å²) >= 11 is 0. The Morgan fingerprint density at radius 3 is 2.07 bits per heavy atom. The van der Waals surface area contributed by atoms with Crippen LogP contribution in [0.15, 0.2) is 10.7 Å². The molecular weight excluding hydrogens is 193 g/mol. The van der Waals surface area contributed by atoms with Gasteiger partial charge in [-0.25, -0.2) is 4.98 Å². The first-order chi connectivity index (χ1) is 6.82. The first kappa shape index (κ1) is 10.7. The molecule has 0 amide bonds. The van der Waals surface area contributed by atoms with E-state index in [0.717, 1.165) is 0 Å². The van der Waals surface area contributed by atoms with Gasteiger partial charge in [-0.15, -0.1) is 0 Å². The summed E-state index contributed by atoms with van der Waals surface area (Å²) in [7, 11) is -0.424. The molecule has 15 heavy (non-hydrogen) atoms. The average molecular weight is 209 g/mol. The standard InChI is InChI=1S/C10H16BNO3/c1-7-12-8(6-13-7)11-14-9(2,3)10(4,5)15-11/h6H,1-5H3. The van der Waals surface area contributed by atoms with Crippen LogP contribution in [0.5, 0.6) is 0 Å². The third-order valence-electron chi connectivity index (χ3n) is 3.13. The molecule has 0 unspecified atom stereocenters. The molecule has 0 atom stereocenters. The molecule has 0 spiro atoms. The van der Waals surface area contributed by atoms with Gasteiger partial charge in [0.2, 0.25) is 0 Å². The average Bonchev–Trinajstić information content (AvgIpc) is 2.56. The van der Waals surface area contributed by atoms with Crippen molar-refractivity contribution in [1.29, 1.82) is 0 Å². The number of hydrogen-bond donors (Lipinski definition) is 0. The van der Waals surface area contributed by atoms with Gasteiger partial charge in [0.15, 0.2) is 5.89 Å². The molecule has 2 rings (SSSR count). The molecule has 0 aliphatic carbocycles. The van der Waals surface area contributed by atoms with Crippen LogP contribution in [0.2, 0.25) is 0 Å². The predicted molar refractivity (Wildman–Crippen MR) is 57.0 cm³/mol. The van der Waals surface area contributed by atoms with Gasteiger partial charge < -0.3 is 13.7 Å². The molecule has 1 aliphatic heterocycles. The van der Waals surface area contributed by atoms with Crippen LogP contribution in [0.1, 0.15) is 33.6 Å². The Balaban J connectivity index is 2.23. The molecule has 1 saturated heterocycles. The second kappa shape index (κ2) is 3.09. The minimum atomic E-state index is -0.424. The lowest BCUT2D eigenvalue weighted by Crippen LogP contribution is -2.41. The van der Waals surface area contributed by atoms with Crippen LogP contribution >= 0.6 is 0 Å². The normalized spacial score (nSPS) is 23.4. The number of hydrogen-bond acceptors (Lipinski definition) is 4. The maximum absolute atomic E-state index is 5.82. The summed E-state index contributed by atoms with van der Waals surface area (Å²) in [6.07, 6.45) is 1.58. The van der Waals surface area contributed by atoms with Crippen molar-refractivity contribution in [2.75, 3.05) is 0 Å². The quantitative estimate of drug-likeness (QED) is 0.653. The summed E-state index contributed by atoms with van der Waals surface area (Å²) < 4.78 is 16.8. The summed E-state index contributed by atoms with van der Waals surface area (Å²) in [6, 6.07) is 0. The number of oxazole rings is 1. The summed E-state index contributed by atoms with van der Waals surface area (Å²) in [4.78, 5) is 4.21. The van der Waals surface area contributed by atoms with Gasteiger partial charge in [-0.05, 0) is 27.7 Å². The monoisotopic (exact) mass is 209 g/mol. The van der Waals surface area contributed by atoms with Crippen molar-refractivity contribution >= 4 is 12.7 Å². The first-order valence-electron chi connectivity index (χ1n) is 5.09. The van der Waals surface area contributed by atoms with Crippen LogP contribution in [0.3, 0.4) is 0 Å². The highest BCUT2D eigenvalue weighted by atomic mass is 16.7. The van der Waals surface area contributed by atoms with Gasteiger partial charge in [-0.2, -0.15) is 0 Å². The third kappa shape index (κ3) is 1.70. The fourth-order valence-electron chi connectivity index (χ4n) is 1.45. The molecule has 0 aromatic carbocycles. The van der Waals surface area contributed by atoms with Crippen LogP contribution in [0.4, 0.5) is 0 Å². The fraction of sp³-hybridized carbons (Fsp3) is 0.700. The van der Waals surface area contributed by atoms with Gasteiger partial charge in [0.1, 0.15) is 11.9 Å². The molecule has 1 aromatic rings. The fourth-order valence-corrected chi connectivity index (χ4v) is 1.45. The van der Waals surface area contributed by atoms with Crippen LogP contribution in [-0.4, -0.2) is 23.3 Å². The Hall–Kier alpha value is -0.805. The smallest absolute Gasteiger partial charge is 0.450 e. The summed E-state index contributed by atoms with van der Waals surface area (Å²) in [5.41, 5.74) is 0.0424. The van der Waals surface area contributed by atoms with E-state index in [1.54, 1.807) is 13.2 Å². The zero-order valence-corrected chi connectivity index (χ0v) is 9.83. The number of aryl methyl sites for hydroxylation is 1. The number of rotatable bonds is 1. The molecule has 5 heteroatoms. The highest BCUT2D eigenvalue weighted by Crippen LogP contribution is 2.36. The SMILES string of the molecule is Cc1nc(B2OC(C)(C)C(C)(C)O2)co1. The highest BCUT2D eigenvalue weighted by Gasteiger charge is 2.52. The third-order valence-corrected chi connectivity index (χ3v) is 3.13. The molecule has 0 saturated carbocycles. The van der Waals surface area contributed by atoms with Crippen LogP contribution in [0.25, 0.3) is 0 Å². The summed E-state index contributed by atoms with van der Waals surface area (Å²) in [6.45, 7) is 9.86. The van der Waals surface area contributed by atoms with E-state index in [1.165, 1.54) is 0 Å². The Morgan fingerprint density at radius 2 is 1.67 bits per heavy atom. The maximum atomic E-state index is 5.82. The molecule has 2 heterocycles. The van der Waals surface area contributed by atoms with Crippen molar-refractivity contribution in [2.24, 2.45) is 0 Å². The van der Waals surface area contributed by atoms with Crippen molar-refractivity contribution in [2.45, 2.75) is 45.8 Å². The van der Waals surface area contributed by atoms with Gasteiger partial charge in [0, 0.05) is 6.92 Å². The second-order valence-electron chi connectivity index (χ2n) is 4.88. The van der Waals surface area contributed by atoms with Crippen molar-refractivity contribution < 1.29 is 13.7 Å². The lowest BCUT2D eigenvalue weighted by atomic mass is 9.86. The van der Waals surface area contributed by atoms with Gasteiger partial charge in [-0.3, -0.25) is 0 Å². The van der Waals surface area contributed by atoms with E-state index >= 15 is 0 Å². The highest BCUT2D eigenvalue weighted by molar-refractivity contribution is 6.61. The zero-order chi connectivity index (χ0) is 11.3. The Kier molecular flexibility index (Phi) is 2.21. The number of aromatic nitrogens is 1. The topological polar surface area (TPSA) is 44.5 Å². The zero-order valence-electron chi connectivity index (χ0n) is 9.83. The van der Waals surface area contributed by atoms with Crippen LogP contribution in [-0.2, 0) is 9.31 Å². The summed E-state index contributed by atoms with van der Waals surface area (Å²) in [5, 5.41) is 0. The van der Waals surface area contributed by atoms with Gasteiger partial charge in [0.05, 0.1) is 11.2 Å². The molecule has 1 fully saturated rings. The molecule has 1 aliphatic rings. The second-order valence-corrected chi connectivity index (χ2v) is 4.88.